The van der Waals surface area contributed by atoms with E-state index in [1.165, 1.54) is 23.5 Å². The lowest BCUT2D eigenvalue weighted by Crippen LogP contribution is -2.40. The zero-order valence-electron chi connectivity index (χ0n) is 17.9. The summed E-state index contributed by atoms with van der Waals surface area (Å²) < 4.78 is 25.7. The van der Waals surface area contributed by atoms with E-state index < -0.39 is 5.82 Å². The summed E-state index contributed by atoms with van der Waals surface area (Å²) in [6.45, 7) is 6.25. The Bertz CT molecular complexity index is 1090. The fraction of sp³-hybridized carbons (Fsp3) is 0.391. The fourth-order valence-corrected chi connectivity index (χ4v) is 4.81. The minimum absolute atomic E-state index is 0.0565. The molecular formula is C23H25ClFN3O3S. The Kier molecular flexibility index (Phi) is 7.57. The van der Waals surface area contributed by atoms with Crippen LogP contribution in [0.15, 0.2) is 36.4 Å². The smallest absolute Gasteiger partial charge is 0.266 e. The molecule has 0 N–H and O–H groups in total. The number of carbonyl (C=O) groups is 1. The monoisotopic (exact) mass is 477 g/mol. The SMILES string of the molecule is Cc1c(Cl)ccc2sc(N(CCCN3CCOCC3)C(=O)COc3ccccc3F)nc12. The second-order valence-electron chi connectivity index (χ2n) is 7.59. The standard InChI is InChI=1S/C23H25ClFN3O3S/c1-16-17(24)7-8-20-22(16)26-23(32-20)28(10-4-9-27-11-13-30-14-12-27)21(29)15-31-19-6-3-2-5-18(19)25/h2-3,5-8H,4,9-15H2,1H3. The molecule has 0 unspecified atom stereocenters. The second kappa shape index (κ2) is 10.6. The van der Waals surface area contributed by atoms with Crippen LogP contribution in [-0.4, -0.2) is 61.8 Å². The number of anilines is 1. The number of rotatable bonds is 8. The predicted molar refractivity (Wildman–Crippen MR) is 125 cm³/mol. The lowest BCUT2D eigenvalue weighted by atomic mass is 10.2. The van der Waals surface area contributed by atoms with Crippen molar-refractivity contribution >= 4 is 44.2 Å². The molecule has 6 nitrogen and oxygen atoms in total. The summed E-state index contributed by atoms with van der Waals surface area (Å²) in [5.41, 5.74) is 1.67. The van der Waals surface area contributed by atoms with Crippen LogP contribution in [0.25, 0.3) is 10.2 Å². The fourth-order valence-electron chi connectivity index (χ4n) is 3.59. The zero-order valence-corrected chi connectivity index (χ0v) is 19.4. The first-order valence-corrected chi connectivity index (χ1v) is 11.8. The quantitative estimate of drug-likeness (QED) is 0.477. The van der Waals surface area contributed by atoms with Gasteiger partial charge in [-0.25, -0.2) is 9.37 Å². The number of thiazole rings is 1. The Morgan fingerprint density at radius 1 is 1.28 bits per heavy atom. The number of ether oxygens (including phenoxy) is 2. The van der Waals surface area contributed by atoms with Crippen molar-refractivity contribution in [2.45, 2.75) is 13.3 Å². The van der Waals surface area contributed by atoms with E-state index >= 15 is 0 Å². The molecule has 2 aromatic carbocycles. The van der Waals surface area contributed by atoms with Crippen molar-refractivity contribution in [1.82, 2.24) is 9.88 Å². The maximum absolute atomic E-state index is 13.9. The Morgan fingerprint density at radius 3 is 2.84 bits per heavy atom. The third-order valence-electron chi connectivity index (χ3n) is 5.42. The highest BCUT2D eigenvalue weighted by Crippen LogP contribution is 2.33. The molecule has 0 atom stereocenters. The summed E-state index contributed by atoms with van der Waals surface area (Å²) in [7, 11) is 0. The van der Waals surface area contributed by atoms with Crippen LogP contribution in [0.2, 0.25) is 5.02 Å². The Morgan fingerprint density at radius 2 is 2.06 bits per heavy atom. The van der Waals surface area contributed by atoms with Gasteiger partial charge in [-0.05, 0) is 43.2 Å². The van der Waals surface area contributed by atoms with Gasteiger partial charge in [-0.1, -0.05) is 35.1 Å². The highest BCUT2D eigenvalue weighted by molar-refractivity contribution is 7.22. The maximum atomic E-state index is 13.9. The van der Waals surface area contributed by atoms with E-state index in [0.717, 1.165) is 55.0 Å². The van der Waals surface area contributed by atoms with Crippen LogP contribution < -0.4 is 9.64 Å². The number of aryl methyl sites for hydroxylation is 1. The van der Waals surface area contributed by atoms with Gasteiger partial charge in [0.1, 0.15) is 0 Å². The van der Waals surface area contributed by atoms with Gasteiger partial charge in [0.15, 0.2) is 23.3 Å². The molecule has 1 aliphatic heterocycles. The summed E-state index contributed by atoms with van der Waals surface area (Å²) in [6.07, 6.45) is 0.779. The van der Waals surface area contributed by atoms with Gasteiger partial charge >= 0.3 is 0 Å². The molecule has 1 fully saturated rings. The first-order valence-electron chi connectivity index (χ1n) is 10.6. The largest absolute Gasteiger partial charge is 0.481 e. The van der Waals surface area contributed by atoms with Gasteiger partial charge in [-0.2, -0.15) is 0 Å². The van der Waals surface area contributed by atoms with Crippen LogP contribution in [0.4, 0.5) is 9.52 Å². The minimum Gasteiger partial charge on any atom is -0.481 e. The van der Waals surface area contributed by atoms with Crippen molar-refractivity contribution in [2.75, 3.05) is 50.9 Å². The van der Waals surface area contributed by atoms with E-state index in [1.54, 1.807) is 17.0 Å². The van der Waals surface area contributed by atoms with E-state index in [9.17, 15) is 9.18 Å². The molecule has 0 aliphatic carbocycles. The van der Waals surface area contributed by atoms with E-state index in [-0.39, 0.29) is 18.3 Å². The van der Waals surface area contributed by atoms with Crippen molar-refractivity contribution in [3.8, 4) is 5.75 Å². The molecule has 170 valence electrons. The highest BCUT2D eigenvalue weighted by Gasteiger charge is 2.22. The lowest BCUT2D eigenvalue weighted by Gasteiger charge is -2.27. The number of aromatic nitrogens is 1. The average molecular weight is 478 g/mol. The van der Waals surface area contributed by atoms with Gasteiger partial charge in [-0.15, -0.1) is 0 Å². The van der Waals surface area contributed by atoms with Crippen LogP contribution in [-0.2, 0) is 9.53 Å². The normalized spacial score (nSPS) is 14.6. The topological polar surface area (TPSA) is 54.9 Å². The van der Waals surface area contributed by atoms with Crippen LogP contribution in [0, 0.1) is 12.7 Å². The summed E-state index contributed by atoms with van der Waals surface area (Å²) in [6, 6.07) is 9.82. The van der Waals surface area contributed by atoms with Crippen LogP contribution >= 0.6 is 22.9 Å². The molecule has 4 rings (SSSR count). The number of hydrogen-bond acceptors (Lipinski definition) is 6. The molecule has 0 radical (unpaired) electrons. The molecule has 1 saturated heterocycles. The van der Waals surface area contributed by atoms with Crippen molar-refractivity contribution in [3.05, 3.63) is 52.8 Å². The first kappa shape index (κ1) is 22.9. The number of nitrogens with zero attached hydrogens (tertiary/aromatic N) is 3. The predicted octanol–water partition coefficient (Wildman–Crippen LogP) is 4.53. The van der Waals surface area contributed by atoms with Crippen LogP contribution in [0.1, 0.15) is 12.0 Å². The van der Waals surface area contributed by atoms with E-state index in [4.69, 9.17) is 26.1 Å². The summed E-state index contributed by atoms with van der Waals surface area (Å²) in [4.78, 5) is 21.8. The molecule has 32 heavy (non-hydrogen) atoms. The molecule has 0 saturated carbocycles. The molecule has 1 aliphatic rings. The van der Waals surface area contributed by atoms with Gasteiger partial charge in [-0.3, -0.25) is 14.6 Å². The van der Waals surface area contributed by atoms with Crippen molar-refractivity contribution in [1.29, 1.82) is 0 Å². The minimum atomic E-state index is -0.496. The third kappa shape index (κ3) is 5.38. The number of carbonyl (C=O) groups excluding carboxylic acids is 1. The van der Waals surface area contributed by atoms with Gasteiger partial charge in [0, 0.05) is 31.2 Å². The first-order chi connectivity index (χ1) is 15.5. The average Bonchev–Trinajstić information content (AvgIpc) is 3.24. The van der Waals surface area contributed by atoms with E-state index in [1.807, 2.05) is 19.1 Å². The number of morpholine rings is 1. The summed E-state index contributed by atoms with van der Waals surface area (Å²) >= 11 is 7.69. The van der Waals surface area contributed by atoms with Gasteiger partial charge < -0.3 is 9.47 Å². The van der Waals surface area contributed by atoms with Crippen molar-refractivity contribution in [3.63, 3.8) is 0 Å². The highest BCUT2D eigenvalue weighted by atomic mass is 35.5. The number of amides is 1. The number of halogens is 2. The molecule has 9 heteroatoms. The molecule has 1 amide bonds. The summed E-state index contributed by atoms with van der Waals surface area (Å²) in [5, 5.41) is 1.23. The molecule has 0 spiro atoms. The van der Waals surface area contributed by atoms with Gasteiger partial charge in [0.05, 0.1) is 23.4 Å². The lowest BCUT2D eigenvalue weighted by molar-refractivity contribution is -0.120. The zero-order chi connectivity index (χ0) is 22.5. The van der Waals surface area contributed by atoms with Crippen LogP contribution in [0.3, 0.4) is 0 Å². The second-order valence-corrected chi connectivity index (χ2v) is 9.00. The Hall–Kier alpha value is -2.26. The number of fused-ring (bicyclic) bond motifs is 1. The molecule has 0 bridgehead atoms. The molecular weight excluding hydrogens is 453 g/mol. The van der Waals surface area contributed by atoms with Crippen molar-refractivity contribution in [2.24, 2.45) is 0 Å². The summed E-state index contributed by atoms with van der Waals surface area (Å²) in [5.74, 6) is -0.705. The van der Waals surface area contributed by atoms with Gasteiger partial charge in [0.2, 0.25) is 0 Å². The van der Waals surface area contributed by atoms with Crippen LogP contribution in [0.5, 0.6) is 5.75 Å². The van der Waals surface area contributed by atoms with Gasteiger partial charge in [0.25, 0.3) is 5.91 Å². The number of hydrogen-bond donors (Lipinski definition) is 0. The molecule has 1 aromatic heterocycles. The Balaban J connectivity index is 1.51. The third-order valence-corrected chi connectivity index (χ3v) is 6.87. The number of para-hydroxylation sites is 1. The number of benzene rings is 2. The van der Waals surface area contributed by atoms with E-state index in [2.05, 4.69) is 4.90 Å². The maximum Gasteiger partial charge on any atom is 0.266 e. The van der Waals surface area contributed by atoms with E-state index in [0.29, 0.717) is 16.7 Å². The molecule has 3 aromatic rings. The Labute approximate surface area is 195 Å². The van der Waals surface area contributed by atoms with Crippen molar-refractivity contribution < 1.29 is 18.7 Å². The molecule has 2 heterocycles.